The number of ether oxygens (including phenoxy) is 1. The molecule has 3 rings (SSSR count). The summed E-state index contributed by atoms with van der Waals surface area (Å²) in [5, 5.41) is 10.0. The topological polar surface area (TPSA) is 36.3 Å². The Morgan fingerprint density at radius 2 is 1.78 bits per heavy atom. The van der Waals surface area contributed by atoms with Crippen LogP contribution in [0.5, 0.6) is 0 Å². The highest BCUT2D eigenvalue weighted by Crippen LogP contribution is 2.26. The molecule has 116 valence electrons. The minimum Gasteiger partial charge on any atom is -0.378 e. The Kier molecular flexibility index (Phi) is 4.97. The molecule has 0 bridgehead atoms. The monoisotopic (exact) mass is 324 g/mol. The maximum atomic E-state index is 9.42. The van der Waals surface area contributed by atoms with Gasteiger partial charge in [0.1, 0.15) is 0 Å². The number of anilines is 1. The van der Waals surface area contributed by atoms with E-state index in [1.807, 2.05) is 36.4 Å². The summed E-state index contributed by atoms with van der Waals surface area (Å²) in [5.41, 5.74) is 3.49. The van der Waals surface area contributed by atoms with E-state index in [1.54, 1.807) is 6.07 Å². The third-order valence-electron chi connectivity index (χ3n) is 3.86. The van der Waals surface area contributed by atoms with Gasteiger partial charge >= 0.3 is 0 Å². The Balaban J connectivity index is 1.84. The molecule has 3 nitrogen and oxygen atoms in total. The molecule has 0 atom stereocenters. The summed E-state index contributed by atoms with van der Waals surface area (Å²) in [7, 11) is 0. The van der Waals surface area contributed by atoms with Crippen LogP contribution < -0.4 is 4.90 Å². The highest BCUT2D eigenvalue weighted by atomic mass is 35.5. The number of hydrogen-bond donors (Lipinski definition) is 0. The third kappa shape index (κ3) is 3.73. The Morgan fingerprint density at radius 1 is 1.09 bits per heavy atom. The van der Waals surface area contributed by atoms with Crippen molar-refractivity contribution in [2.75, 3.05) is 31.2 Å². The van der Waals surface area contributed by atoms with Gasteiger partial charge < -0.3 is 9.64 Å². The summed E-state index contributed by atoms with van der Waals surface area (Å²) < 4.78 is 5.37. The normalized spacial score (nSPS) is 15.3. The van der Waals surface area contributed by atoms with Crippen molar-refractivity contribution in [1.29, 1.82) is 5.26 Å². The quantitative estimate of drug-likeness (QED) is 0.626. The molecule has 0 spiro atoms. The molecular formula is C19H17ClN2O. The van der Waals surface area contributed by atoms with Gasteiger partial charge in [0.2, 0.25) is 0 Å². The van der Waals surface area contributed by atoms with Crippen LogP contribution in [-0.2, 0) is 4.74 Å². The summed E-state index contributed by atoms with van der Waals surface area (Å²) in [4.78, 5) is 2.30. The summed E-state index contributed by atoms with van der Waals surface area (Å²) >= 11 is 6.18. The third-order valence-corrected chi connectivity index (χ3v) is 4.19. The first kappa shape index (κ1) is 15.6. The number of rotatable bonds is 3. The van der Waals surface area contributed by atoms with Gasteiger partial charge in [0.25, 0.3) is 0 Å². The van der Waals surface area contributed by atoms with Crippen molar-refractivity contribution in [2.24, 2.45) is 0 Å². The molecule has 1 heterocycles. The van der Waals surface area contributed by atoms with Gasteiger partial charge in [0, 0.05) is 29.4 Å². The van der Waals surface area contributed by atoms with Crippen LogP contribution in [0.3, 0.4) is 0 Å². The van der Waals surface area contributed by atoms with Gasteiger partial charge in [-0.15, -0.1) is 0 Å². The first-order chi connectivity index (χ1) is 11.3. The van der Waals surface area contributed by atoms with Crippen molar-refractivity contribution >= 4 is 28.9 Å². The van der Waals surface area contributed by atoms with Crippen molar-refractivity contribution < 1.29 is 4.74 Å². The zero-order chi connectivity index (χ0) is 16.1. The fourth-order valence-electron chi connectivity index (χ4n) is 2.62. The van der Waals surface area contributed by atoms with E-state index in [0.29, 0.717) is 10.6 Å². The summed E-state index contributed by atoms with van der Waals surface area (Å²) in [5.74, 6) is 0. The second kappa shape index (κ2) is 7.32. The smallest absolute Gasteiger partial charge is 0.0998 e. The number of nitrogens with zero attached hydrogens (tertiary/aromatic N) is 2. The van der Waals surface area contributed by atoms with Crippen LogP contribution in [0.4, 0.5) is 5.69 Å². The van der Waals surface area contributed by atoms with Crippen LogP contribution in [0.1, 0.15) is 11.1 Å². The molecule has 1 saturated heterocycles. The van der Waals surface area contributed by atoms with Crippen LogP contribution in [0, 0.1) is 11.3 Å². The zero-order valence-corrected chi connectivity index (χ0v) is 13.5. The molecular weight excluding hydrogens is 308 g/mol. The molecule has 23 heavy (non-hydrogen) atoms. The molecule has 0 unspecified atom stereocenters. The number of hydrogen-bond acceptors (Lipinski definition) is 3. The van der Waals surface area contributed by atoms with Gasteiger partial charge in [-0.05, 0) is 29.8 Å². The first-order valence-corrected chi connectivity index (χ1v) is 7.95. The highest BCUT2D eigenvalue weighted by Gasteiger charge is 2.11. The Hall–Kier alpha value is -2.28. The average molecular weight is 325 g/mol. The minimum atomic E-state index is 0.565. The van der Waals surface area contributed by atoms with E-state index in [2.05, 4.69) is 23.1 Å². The number of morpholine rings is 1. The van der Waals surface area contributed by atoms with Gasteiger partial charge in [0.05, 0.1) is 24.9 Å². The van der Waals surface area contributed by atoms with Crippen molar-refractivity contribution in [1.82, 2.24) is 0 Å². The van der Waals surface area contributed by atoms with Crippen LogP contribution in [-0.4, -0.2) is 26.3 Å². The molecule has 0 aromatic heterocycles. The lowest BCUT2D eigenvalue weighted by molar-refractivity contribution is 0.122. The Morgan fingerprint density at radius 3 is 2.43 bits per heavy atom. The number of benzene rings is 2. The van der Waals surface area contributed by atoms with Crippen molar-refractivity contribution in [3.05, 3.63) is 64.7 Å². The Labute approximate surface area is 141 Å². The molecule has 1 aliphatic heterocycles. The number of nitriles is 1. The SMILES string of the molecule is N#C/C(=C\c1ccc(N2CCOCC2)cc1)c1ccccc1Cl. The van der Waals surface area contributed by atoms with Gasteiger partial charge in [-0.1, -0.05) is 41.9 Å². The van der Waals surface area contributed by atoms with E-state index in [4.69, 9.17) is 16.3 Å². The lowest BCUT2D eigenvalue weighted by atomic mass is 10.0. The molecule has 4 heteroatoms. The predicted molar refractivity (Wildman–Crippen MR) is 94.4 cm³/mol. The molecule has 2 aromatic carbocycles. The molecule has 1 fully saturated rings. The van der Waals surface area contributed by atoms with Crippen LogP contribution in [0.2, 0.25) is 5.02 Å². The van der Waals surface area contributed by atoms with E-state index in [1.165, 1.54) is 5.69 Å². The molecule has 0 saturated carbocycles. The van der Waals surface area contributed by atoms with E-state index in [-0.39, 0.29) is 0 Å². The lowest BCUT2D eigenvalue weighted by Crippen LogP contribution is -2.36. The highest BCUT2D eigenvalue weighted by molar-refractivity contribution is 6.32. The standard InChI is InChI=1S/C19H17ClN2O/c20-19-4-2-1-3-18(19)16(14-21)13-15-5-7-17(8-6-15)22-9-11-23-12-10-22/h1-8,13H,9-12H2/b16-13+. The maximum Gasteiger partial charge on any atom is 0.0998 e. The number of allylic oxidation sites excluding steroid dienone is 1. The molecule has 0 radical (unpaired) electrons. The zero-order valence-electron chi connectivity index (χ0n) is 12.7. The fourth-order valence-corrected chi connectivity index (χ4v) is 2.86. The maximum absolute atomic E-state index is 9.42. The second-order valence-corrected chi connectivity index (χ2v) is 5.75. The lowest BCUT2D eigenvalue weighted by Gasteiger charge is -2.28. The summed E-state index contributed by atoms with van der Waals surface area (Å²) in [6.07, 6.45) is 1.87. The summed E-state index contributed by atoms with van der Waals surface area (Å²) in [6, 6.07) is 17.9. The molecule has 0 N–H and O–H groups in total. The van der Waals surface area contributed by atoms with Gasteiger partial charge in [-0.2, -0.15) is 5.26 Å². The van der Waals surface area contributed by atoms with Crippen LogP contribution in [0.15, 0.2) is 48.5 Å². The van der Waals surface area contributed by atoms with Gasteiger partial charge in [-0.3, -0.25) is 0 Å². The van der Waals surface area contributed by atoms with E-state index >= 15 is 0 Å². The number of halogens is 1. The largest absolute Gasteiger partial charge is 0.378 e. The first-order valence-electron chi connectivity index (χ1n) is 7.57. The Bertz CT molecular complexity index is 741. The minimum absolute atomic E-state index is 0.565. The molecule has 1 aliphatic rings. The van der Waals surface area contributed by atoms with Crippen LogP contribution in [0.25, 0.3) is 11.6 Å². The van der Waals surface area contributed by atoms with E-state index in [0.717, 1.165) is 37.4 Å². The van der Waals surface area contributed by atoms with Crippen molar-refractivity contribution in [3.63, 3.8) is 0 Å². The molecule has 2 aromatic rings. The van der Waals surface area contributed by atoms with Gasteiger partial charge in [0.15, 0.2) is 0 Å². The van der Waals surface area contributed by atoms with Gasteiger partial charge in [-0.25, -0.2) is 0 Å². The van der Waals surface area contributed by atoms with Crippen LogP contribution >= 0.6 is 11.6 Å². The predicted octanol–water partition coefficient (Wildman–Crippen LogP) is 4.24. The average Bonchev–Trinajstić information content (AvgIpc) is 2.62. The fraction of sp³-hybridized carbons (Fsp3) is 0.211. The van der Waals surface area contributed by atoms with E-state index in [9.17, 15) is 5.26 Å². The molecule has 0 aliphatic carbocycles. The van der Waals surface area contributed by atoms with E-state index < -0.39 is 0 Å². The van der Waals surface area contributed by atoms with Crippen molar-refractivity contribution in [2.45, 2.75) is 0 Å². The van der Waals surface area contributed by atoms with Crippen molar-refractivity contribution in [3.8, 4) is 6.07 Å². The second-order valence-electron chi connectivity index (χ2n) is 5.34. The summed E-state index contributed by atoms with van der Waals surface area (Å²) in [6.45, 7) is 3.37. The molecule has 0 amide bonds.